The Bertz CT molecular complexity index is 1180. The van der Waals surface area contributed by atoms with E-state index in [1.54, 1.807) is 11.0 Å². The van der Waals surface area contributed by atoms with Crippen LogP contribution in [0.4, 0.5) is 5.69 Å². The predicted octanol–water partition coefficient (Wildman–Crippen LogP) is 4.17. The molecule has 2 amide bonds. The summed E-state index contributed by atoms with van der Waals surface area (Å²) in [5, 5.41) is 14.3. The van der Waals surface area contributed by atoms with Gasteiger partial charge in [-0.3, -0.25) is 14.5 Å². The van der Waals surface area contributed by atoms with Gasteiger partial charge in [0.15, 0.2) is 5.82 Å². The molecule has 2 aromatic carbocycles. The highest BCUT2D eigenvalue weighted by Crippen LogP contribution is 2.31. The number of rotatable bonds is 6. The van der Waals surface area contributed by atoms with Crippen LogP contribution in [0.15, 0.2) is 42.5 Å². The number of nitrogens with one attached hydrogen (secondary N) is 1. The van der Waals surface area contributed by atoms with Gasteiger partial charge < -0.3 is 4.90 Å². The number of aromatic nitrogens is 4. The summed E-state index contributed by atoms with van der Waals surface area (Å²) < 4.78 is 0. The molecule has 0 atom stereocenters. The summed E-state index contributed by atoms with van der Waals surface area (Å²) in [5.74, 6) is 0.741. The minimum Gasteiger partial charge on any atom is -0.329 e. The van der Waals surface area contributed by atoms with Crippen molar-refractivity contribution in [2.45, 2.75) is 51.6 Å². The summed E-state index contributed by atoms with van der Waals surface area (Å²) in [6, 6.07) is 13.2. The zero-order valence-electron chi connectivity index (χ0n) is 18.9. The van der Waals surface area contributed by atoms with Crippen molar-refractivity contribution >= 4 is 29.1 Å². The molecule has 3 aromatic rings. The molecule has 1 fully saturated rings. The molecule has 0 bridgehead atoms. The first-order valence-electron chi connectivity index (χ1n) is 11.8. The number of nitrogens with zero attached hydrogens (tertiary/aromatic N) is 5. The van der Waals surface area contributed by atoms with E-state index in [2.05, 4.69) is 20.6 Å². The van der Waals surface area contributed by atoms with Crippen LogP contribution in [0.1, 0.15) is 59.4 Å². The highest BCUT2D eigenvalue weighted by Gasteiger charge is 2.31. The van der Waals surface area contributed by atoms with E-state index in [-0.39, 0.29) is 24.9 Å². The van der Waals surface area contributed by atoms with Crippen molar-refractivity contribution in [2.75, 3.05) is 11.4 Å². The Labute approximate surface area is 203 Å². The van der Waals surface area contributed by atoms with E-state index in [0.29, 0.717) is 28.6 Å². The second-order valence-electron chi connectivity index (χ2n) is 9.10. The average Bonchev–Trinajstić information content (AvgIpc) is 3.53. The van der Waals surface area contributed by atoms with Gasteiger partial charge in [-0.05, 0) is 48.1 Å². The lowest BCUT2D eigenvalue weighted by atomic mass is 9.97. The van der Waals surface area contributed by atoms with Gasteiger partial charge in [0.2, 0.25) is 5.91 Å². The van der Waals surface area contributed by atoms with E-state index in [0.717, 1.165) is 29.9 Å². The van der Waals surface area contributed by atoms with E-state index >= 15 is 0 Å². The van der Waals surface area contributed by atoms with Crippen molar-refractivity contribution in [2.24, 2.45) is 5.92 Å². The van der Waals surface area contributed by atoms with E-state index in [1.165, 1.54) is 30.6 Å². The highest BCUT2D eigenvalue weighted by atomic mass is 35.5. The summed E-state index contributed by atoms with van der Waals surface area (Å²) in [7, 11) is 0. The van der Waals surface area contributed by atoms with E-state index in [4.69, 9.17) is 11.6 Å². The van der Waals surface area contributed by atoms with Crippen LogP contribution in [-0.4, -0.2) is 43.9 Å². The summed E-state index contributed by atoms with van der Waals surface area (Å²) in [6.07, 6.45) is 7.43. The van der Waals surface area contributed by atoms with Gasteiger partial charge in [0.05, 0.1) is 17.1 Å². The van der Waals surface area contributed by atoms with E-state index < -0.39 is 0 Å². The van der Waals surface area contributed by atoms with Crippen LogP contribution < -0.4 is 4.90 Å². The Morgan fingerprint density at radius 3 is 2.71 bits per heavy atom. The van der Waals surface area contributed by atoms with Gasteiger partial charge in [0.1, 0.15) is 6.54 Å². The van der Waals surface area contributed by atoms with Crippen molar-refractivity contribution in [1.29, 1.82) is 0 Å². The van der Waals surface area contributed by atoms with Gasteiger partial charge in [0.25, 0.3) is 5.91 Å². The molecule has 0 spiro atoms. The van der Waals surface area contributed by atoms with Crippen LogP contribution >= 0.6 is 11.6 Å². The number of aryl methyl sites for hydroxylation is 1. The topological polar surface area (TPSA) is 95.1 Å². The van der Waals surface area contributed by atoms with Crippen molar-refractivity contribution in [3.05, 3.63) is 70.0 Å². The lowest BCUT2D eigenvalue weighted by Gasteiger charge is -2.23. The van der Waals surface area contributed by atoms with Crippen molar-refractivity contribution in [3.63, 3.8) is 0 Å². The molecular formula is C25H27ClN6O2. The number of hydrogen-bond donors (Lipinski definition) is 1. The molecule has 0 saturated heterocycles. The van der Waals surface area contributed by atoms with Crippen molar-refractivity contribution < 1.29 is 9.59 Å². The van der Waals surface area contributed by atoms with Crippen LogP contribution in [-0.2, 0) is 24.3 Å². The molecule has 1 aromatic heterocycles. The number of H-pyrrole nitrogens is 1. The third kappa shape index (κ3) is 4.82. The first kappa shape index (κ1) is 22.5. The van der Waals surface area contributed by atoms with E-state index in [9.17, 15) is 9.59 Å². The molecule has 8 nitrogen and oxygen atoms in total. The monoisotopic (exact) mass is 478 g/mol. The molecule has 34 heavy (non-hydrogen) atoms. The zero-order chi connectivity index (χ0) is 23.5. The first-order valence-corrected chi connectivity index (χ1v) is 12.1. The minimum atomic E-state index is -0.283. The summed E-state index contributed by atoms with van der Waals surface area (Å²) in [6.45, 7) is 0.469. The number of carbonyl (C=O) groups is 2. The fourth-order valence-corrected chi connectivity index (χ4v) is 5.25. The minimum absolute atomic E-state index is 0.0898. The molecule has 176 valence electrons. The Morgan fingerprint density at radius 2 is 1.94 bits per heavy atom. The van der Waals surface area contributed by atoms with Crippen molar-refractivity contribution in [3.8, 4) is 0 Å². The maximum atomic E-state index is 13.6. The smallest absolute Gasteiger partial charge is 0.260 e. The third-order valence-electron chi connectivity index (χ3n) is 6.84. The Kier molecular flexibility index (Phi) is 6.58. The first-order chi connectivity index (χ1) is 16.6. The average molecular weight is 479 g/mol. The zero-order valence-corrected chi connectivity index (χ0v) is 19.7. The van der Waals surface area contributed by atoms with Crippen LogP contribution in [0.5, 0.6) is 0 Å². The molecule has 5 rings (SSSR count). The molecule has 1 aliphatic heterocycles. The van der Waals surface area contributed by atoms with Crippen LogP contribution in [0.2, 0.25) is 5.02 Å². The molecule has 2 heterocycles. The van der Waals surface area contributed by atoms with Gasteiger partial charge in [-0.25, -0.2) is 0 Å². The molecule has 1 saturated carbocycles. The Hall–Kier alpha value is -3.26. The second-order valence-corrected chi connectivity index (χ2v) is 9.51. The molecule has 1 aliphatic carbocycles. The third-order valence-corrected chi connectivity index (χ3v) is 7.15. The van der Waals surface area contributed by atoms with Crippen LogP contribution in [0, 0.1) is 5.92 Å². The Balaban J connectivity index is 1.37. The largest absolute Gasteiger partial charge is 0.329 e. The number of hydrogen-bond acceptors (Lipinski definition) is 5. The molecular weight excluding hydrogens is 452 g/mol. The second kappa shape index (κ2) is 9.93. The van der Waals surface area contributed by atoms with Crippen LogP contribution in [0.25, 0.3) is 0 Å². The van der Waals surface area contributed by atoms with Gasteiger partial charge in [-0.2, -0.15) is 5.21 Å². The number of tetrazole rings is 1. The van der Waals surface area contributed by atoms with Gasteiger partial charge in [-0.1, -0.05) is 66.8 Å². The normalized spacial score (nSPS) is 16.6. The number of carbonyl (C=O) groups excluding carboxylic acids is 2. The molecule has 0 radical (unpaired) electrons. The summed E-state index contributed by atoms with van der Waals surface area (Å²) >= 11 is 6.60. The van der Waals surface area contributed by atoms with Gasteiger partial charge >= 0.3 is 0 Å². The number of halogens is 1. The van der Waals surface area contributed by atoms with Gasteiger partial charge in [0, 0.05) is 12.2 Å². The fourth-order valence-electron chi connectivity index (χ4n) is 4.97. The quantitative estimate of drug-likeness (QED) is 0.573. The van der Waals surface area contributed by atoms with Crippen molar-refractivity contribution in [1.82, 2.24) is 25.5 Å². The summed E-state index contributed by atoms with van der Waals surface area (Å²) in [5.41, 5.74) is 3.12. The molecule has 0 unspecified atom stereocenters. The van der Waals surface area contributed by atoms with Gasteiger partial charge in [-0.15, -0.1) is 10.2 Å². The molecule has 1 N–H and O–H groups in total. The number of benzene rings is 2. The Morgan fingerprint density at radius 1 is 1.12 bits per heavy atom. The molecule has 9 heteroatoms. The molecule has 2 aliphatic rings. The lowest BCUT2D eigenvalue weighted by molar-refractivity contribution is -0.130. The number of fused-ring (bicyclic) bond motifs is 1. The SMILES string of the molecule is O=C1CN(C(=O)c2ccc(CCC3CCCC3)cc2Cl)c2ccccc2CN1Cc1nn[nH]n1. The maximum absolute atomic E-state index is 13.6. The highest BCUT2D eigenvalue weighted by molar-refractivity contribution is 6.34. The number of anilines is 1. The predicted molar refractivity (Wildman–Crippen MR) is 128 cm³/mol. The summed E-state index contributed by atoms with van der Waals surface area (Å²) in [4.78, 5) is 29.9. The van der Waals surface area contributed by atoms with E-state index in [1.807, 2.05) is 36.4 Å². The lowest BCUT2D eigenvalue weighted by Crippen LogP contribution is -2.40. The number of para-hydroxylation sites is 1. The number of aromatic amines is 1. The maximum Gasteiger partial charge on any atom is 0.260 e. The fraction of sp³-hybridized carbons (Fsp3) is 0.400. The standard InChI is InChI=1S/C25H27ClN6O2/c26-21-13-18(10-9-17-5-1-2-6-17)11-12-20(21)25(34)32-16-24(33)31(15-23-27-29-30-28-23)14-19-7-3-4-8-22(19)32/h3-4,7-8,11-13,17H,1-2,5-6,9-10,14-16H2,(H,27,28,29,30). The number of amides is 2. The van der Waals surface area contributed by atoms with Crippen LogP contribution in [0.3, 0.4) is 0 Å².